The molecule has 4 N–H and O–H groups in total. The van der Waals surface area contributed by atoms with Crippen LogP contribution in [-0.4, -0.2) is 42.5 Å². The third kappa shape index (κ3) is 3.57. The average molecular weight is 269 g/mol. The summed E-state index contributed by atoms with van der Waals surface area (Å²) in [5.41, 5.74) is 4.84. The molecule has 7 heteroatoms. The molecule has 0 aliphatic rings. The minimum absolute atomic E-state index is 0.0977. The number of nitrogens with zero attached hydrogens (tertiary/aromatic N) is 1. The van der Waals surface area contributed by atoms with Crippen molar-refractivity contribution in [2.45, 2.75) is 6.42 Å². The van der Waals surface area contributed by atoms with E-state index in [2.05, 4.69) is 5.32 Å². The maximum atomic E-state index is 13.2. The highest BCUT2D eigenvalue weighted by Gasteiger charge is 2.17. The second kappa shape index (κ2) is 6.03. The number of hydrogen-bond donors (Lipinski definition) is 3. The zero-order valence-electron chi connectivity index (χ0n) is 10.7. The van der Waals surface area contributed by atoms with Gasteiger partial charge in [0.1, 0.15) is 11.4 Å². The predicted molar refractivity (Wildman–Crippen MR) is 69.6 cm³/mol. The van der Waals surface area contributed by atoms with Crippen molar-refractivity contribution in [3.8, 4) is 0 Å². The molecule has 0 aliphatic carbocycles. The van der Waals surface area contributed by atoms with E-state index in [1.165, 1.54) is 11.0 Å². The lowest BCUT2D eigenvalue weighted by Crippen LogP contribution is -2.24. The Balaban J connectivity index is 2.82. The van der Waals surface area contributed by atoms with Gasteiger partial charge in [-0.3, -0.25) is 4.79 Å². The lowest BCUT2D eigenvalue weighted by atomic mass is 10.1. The summed E-state index contributed by atoms with van der Waals surface area (Å²) in [6, 6.07) is 2.37. The summed E-state index contributed by atoms with van der Waals surface area (Å²) in [5.74, 6) is -2.20. The maximum absolute atomic E-state index is 13.2. The predicted octanol–water partition coefficient (Wildman–Crippen LogP) is 0.996. The van der Waals surface area contributed by atoms with E-state index in [0.717, 1.165) is 6.07 Å². The van der Waals surface area contributed by atoms with E-state index in [1.54, 1.807) is 14.1 Å². The van der Waals surface area contributed by atoms with E-state index >= 15 is 0 Å². The van der Waals surface area contributed by atoms with Gasteiger partial charge in [-0.15, -0.1) is 0 Å². The van der Waals surface area contributed by atoms with Crippen LogP contribution in [0.2, 0.25) is 0 Å². The van der Waals surface area contributed by atoms with E-state index < -0.39 is 17.5 Å². The van der Waals surface area contributed by atoms with E-state index in [0.29, 0.717) is 0 Å². The van der Waals surface area contributed by atoms with Gasteiger partial charge >= 0.3 is 5.97 Å². The molecule has 1 amide bonds. The summed E-state index contributed by atoms with van der Waals surface area (Å²) in [6.45, 7) is 0.238. The average Bonchev–Trinajstić information content (AvgIpc) is 2.32. The second-order valence-electron chi connectivity index (χ2n) is 4.15. The minimum atomic E-state index is -1.32. The Morgan fingerprint density at radius 2 is 2.05 bits per heavy atom. The number of carbonyl (C=O) groups is 2. The van der Waals surface area contributed by atoms with Crippen LogP contribution in [-0.2, 0) is 4.79 Å². The van der Waals surface area contributed by atoms with Crippen LogP contribution >= 0.6 is 0 Å². The van der Waals surface area contributed by atoms with Crippen molar-refractivity contribution in [1.29, 1.82) is 0 Å². The number of benzene rings is 1. The fourth-order valence-electron chi connectivity index (χ4n) is 1.50. The Kier molecular flexibility index (Phi) is 4.68. The number of nitrogens with one attached hydrogen (secondary N) is 1. The smallest absolute Gasteiger partial charge is 0.340 e. The Hall–Kier alpha value is -2.31. The molecule has 0 radical (unpaired) electrons. The third-order valence-corrected chi connectivity index (χ3v) is 2.56. The molecule has 0 atom stereocenters. The molecular formula is C12H16FN3O3. The molecule has 0 aliphatic heterocycles. The first-order valence-corrected chi connectivity index (χ1v) is 5.60. The Morgan fingerprint density at radius 1 is 1.42 bits per heavy atom. The van der Waals surface area contributed by atoms with Gasteiger partial charge in [0.05, 0.1) is 11.4 Å². The molecule has 1 rings (SSSR count). The lowest BCUT2D eigenvalue weighted by molar-refractivity contribution is -0.128. The van der Waals surface area contributed by atoms with Gasteiger partial charge in [0, 0.05) is 27.1 Å². The molecule has 0 saturated heterocycles. The molecular weight excluding hydrogens is 253 g/mol. The number of nitrogens with two attached hydrogens (primary N) is 1. The van der Waals surface area contributed by atoms with Crippen LogP contribution in [0.4, 0.5) is 15.8 Å². The Labute approximate surface area is 110 Å². The summed E-state index contributed by atoms with van der Waals surface area (Å²) in [4.78, 5) is 23.8. The number of halogens is 1. The number of aromatic carboxylic acids is 1. The monoisotopic (exact) mass is 269 g/mol. The number of hydrogen-bond acceptors (Lipinski definition) is 4. The van der Waals surface area contributed by atoms with Crippen molar-refractivity contribution in [2.24, 2.45) is 0 Å². The molecule has 0 bridgehead atoms. The highest BCUT2D eigenvalue weighted by molar-refractivity contribution is 6.00. The topological polar surface area (TPSA) is 95.7 Å². The molecule has 0 spiro atoms. The van der Waals surface area contributed by atoms with Crippen molar-refractivity contribution in [1.82, 2.24) is 4.90 Å². The molecule has 0 unspecified atom stereocenters. The molecule has 0 heterocycles. The fourth-order valence-corrected chi connectivity index (χ4v) is 1.50. The number of rotatable bonds is 5. The zero-order valence-corrected chi connectivity index (χ0v) is 10.7. The van der Waals surface area contributed by atoms with Crippen LogP contribution in [0.25, 0.3) is 0 Å². The molecule has 6 nitrogen and oxygen atoms in total. The number of nitrogen functional groups attached to an aromatic ring is 1. The number of amides is 1. The molecule has 1 aromatic carbocycles. The van der Waals surface area contributed by atoms with Crippen LogP contribution in [0.5, 0.6) is 0 Å². The molecule has 0 fully saturated rings. The highest BCUT2D eigenvalue weighted by atomic mass is 19.1. The van der Waals surface area contributed by atoms with Gasteiger partial charge in [-0.2, -0.15) is 0 Å². The Morgan fingerprint density at radius 3 is 2.58 bits per heavy atom. The number of carboxylic acid groups (broad SMARTS) is 1. The summed E-state index contributed by atoms with van der Waals surface area (Å²) in [5, 5.41) is 11.8. The number of carboxylic acids is 1. The fraction of sp³-hybridized carbons (Fsp3) is 0.333. The first-order valence-electron chi connectivity index (χ1n) is 5.60. The van der Waals surface area contributed by atoms with E-state index in [9.17, 15) is 14.0 Å². The van der Waals surface area contributed by atoms with Gasteiger partial charge in [0.25, 0.3) is 0 Å². The van der Waals surface area contributed by atoms with Crippen LogP contribution in [0.3, 0.4) is 0 Å². The number of anilines is 2. The van der Waals surface area contributed by atoms with Crippen LogP contribution in [0.1, 0.15) is 16.8 Å². The lowest BCUT2D eigenvalue weighted by Gasteiger charge is -2.13. The van der Waals surface area contributed by atoms with Crippen molar-refractivity contribution in [3.63, 3.8) is 0 Å². The van der Waals surface area contributed by atoms with E-state index in [1.807, 2.05) is 0 Å². The largest absolute Gasteiger partial charge is 0.478 e. The molecule has 1 aromatic rings. The van der Waals surface area contributed by atoms with Crippen LogP contribution in [0.15, 0.2) is 12.1 Å². The number of carbonyl (C=O) groups excluding carboxylic acids is 1. The first-order chi connectivity index (χ1) is 8.84. The summed E-state index contributed by atoms with van der Waals surface area (Å²) >= 11 is 0. The van der Waals surface area contributed by atoms with Crippen molar-refractivity contribution < 1.29 is 19.1 Å². The summed E-state index contributed by atoms with van der Waals surface area (Å²) in [6.07, 6.45) is 0.198. The third-order valence-electron chi connectivity index (χ3n) is 2.56. The SMILES string of the molecule is CN(C)C(=O)CCNc1ccc(F)c(N)c1C(=O)O. The van der Waals surface area contributed by atoms with Gasteiger partial charge in [0.15, 0.2) is 0 Å². The van der Waals surface area contributed by atoms with Crippen molar-refractivity contribution in [3.05, 3.63) is 23.5 Å². The standard InChI is InChI=1S/C12H16FN3O3/c1-16(2)9(17)5-6-15-8-4-3-7(13)11(14)10(8)12(18)19/h3-4,15H,5-6,14H2,1-2H3,(H,18,19). The summed E-state index contributed by atoms with van der Waals surface area (Å²) < 4.78 is 13.2. The normalized spacial score (nSPS) is 10.1. The second-order valence-corrected chi connectivity index (χ2v) is 4.15. The molecule has 19 heavy (non-hydrogen) atoms. The Bertz CT molecular complexity index is 503. The van der Waals surface area contributed by atoms with Crippen molar-refractivity contribution >= 4 is 23.3 Å². The highest BCUT2D eigenvalue weighted by Crippen LogP contribution is 2.25. The molecule has 0 aromatic heterocycles. The first kappa shape index (κ1) is 14.7. The van der Waals surface area contributed by atoms with Crippen molar-refractivity contribution in [2.75, 3.05) is 31.7 Å². The van der Waals surface area contributed by atoms with Crippen LogP contribution in [0, 0.1) is 5.82 Å². The van der Waals surface area contributed by atoms with Gasteiger partial charge in [-0.05, 0) is 12.1 Å². The van der Waals surface area contributed by atoms with Crippen LogP contribution < -0.4 is 11.1 Å². The molecule has 0 saturated carbocycles. The van der Waals surface area contributed by atoms with Gasteiger partial charge in [-0.25, -0.2) is 9.18 Å². The van der Waals surface area contributed by atoms with Gasteiger partial charge in [0.2, 0.25) is 5.91 Å². The van der Waals surface area contributed by atoms with Gasteiger partial charge in [-0.1, -0.05) is 0 Å². The van der Waals surface area contributed by atoms with E-state index in [4.69, 9.17) is 10.8 Å². The quantitative estimate of drug-likeness (QED) is 0.693. The minimum Gasteiger partial charge on any atom is -0.478 e. The molecule has 104 valence electrons. The zero-order chi connectivity index (χ0) is 14.6. The van der Waals surface area contributed by atoms with Gasteiger partial charge < -0.3 is 21.1 Å². The summed E-state index contributed by atoms with van der Waals surface area (Å²) in [7, 11) is 3.25. The maximum Gasteiger partial charge on any atom is 0.340 e. The van der Waals surface area contributed by atoms with E-state index in [-0.39, 0.29) is 30.1 Å².